The first kappa shape index (κ1) is 13.1. The van der Waals surface area contributed by atoms with Crippen LogP contribution in [0.1, 0.15) is 23.6 Å². The van der Waals surface area contributed by atoms with Gasteiger partial charge in [-0.2, -0.15) is 0 Å². The van der Waals surface area contributed by atoms with E-state index in [4.69, 9.17) is 11.6 Å². The molecule has 102 valence electrons. The van der Waals surface area contributed by atoms with E-state index >= 15 is 0 Å². The van der Waals surface area contributed by atoms with E-state index in [-0.39, 0.29) is 17.7 Å². The van der Waals surface area contributed by atoms with E-state index in [1.54, 1.807) is 6.07 Å². The highest BCUT2D eigenvalue weighted by molar-refractivity contribution is 6.31. The number of pyridine rings is 1. The van der Waals surface area contributed by atoms with Gasteiger partial charge in [0.05, 0.1) is 0 Å². The normalized spacial score (nSPS) is 20.5. The van der Waals surface area contributed by atoms with Crippen molar-refractivity contribution in [2.75, 3.05) is 5.32 Å². The van der Waals surface area contributed by atoms with Crippen LogP contribution in [0.15, 0.2) is 42.5 Å². The van der Waals surface area contributed by atoms with Gasteiger partial charge in [-0.15, -0.1) is 0 Å². The molecule has 1 aromatic carbocycles. The molecular weight excluding hydrogens is 272 g/mol. The summed E-state index contributed by atoms with van der Waals surface area (Å²) in [7, 11) is 0. The van der Waals surface area contributed by atoms with Crippen LogP contribution in [-0.2, 0) is 4.79 Å². The topological polar surface area (TPSA) is 42.0 Å². The second kappa shape index (κ2) is 5.25. The molecule has 0 bridgehead atoms. The van der Waals surface area contributed by atoms with Crippen LogP contribution in [0.25, 0.3) is 0 Å². The molecule has 1 fully saturated rings. The molecule has 2 atom stereocenters. The zero-order valence-electron chi connectivity index (χ0n) is 11.1. The van der Waals surface area contributed by atoms with E-state index in [0.29, 0.717) is 5.82 Å². The van der Waals surface area contributed by atoms with Crippen molar-refractivity contribution in [2.45, 2.75) is 19.3 Å². The Morgan fingerprint density at radius 2 is 2.05 bits per heavy atom. The fourth-order valence-electron chi connectivity index (χ4n) is 2.44. The van der Waals surface area contributed by atoms with E-state index in [0.717, 1.165) is 22.7 Å². The molecule has 0 spiro atoms. The lowest BCUT2D eigenvalue weighted by atomic mass is 10.1. The van der Waals surface area contributed by atoms with Gasteiger partial charge in [0.2, 0.25) is 5.91 Å². The summed E-state index contributed by atoms with van der Waals surface area (Å²) >= 11 is 6.17. The third-order valence-corrected chi connectivity index (χ3v) is 3.92. The Labute approximate surface area is 123 Å². The predicted molar refractivity (Wildman–Crippen MR) is 79.9 cm³/mol. The zero-order valence-corrected chi connectivity index (χ0v) is 11.9. The Balaban J connectivity index is 1.68. The van der Waals surface area contributed by atoms with Gasteiger partial charge in [0.1, 0.15) is 5.82 Å². The number of carbonyl (C=O) groups excluding carboxylic acids is 1. The van der Waals surface area contributed by atoms with Crippen LogP contribution in [0.4, 0.5) is 5.82 Å². The highest BCUT2D eigenvalue weighted by Crippen LogP contribution is 2.49. The van der Waals surface area contributed by atoms with Gasteiger partial charge in [-0.1, -0.05) is 35.9 Å². The van der Waals surface area contributed by atoms with Crippen molar-refractivity contribution >= 4 is 23.3 Å². The molecule has 0 saturated heterocycles. The molecule has 1 aliphatic carbocycles. The minimum Gasteiger partial charge on any atom is -0.310 e. The number of hydrogen-bond acceptors (Lipinski definition) is 2. The van der Waals surface area contributed by atoms with Crippen LogP contribution in [0, 0.1) is 12.8 Å². The van der Waals surface area contributed by atoms with Crippen LogP contribution in [0.3, 0.4) is 0 Å². The van der Waals surface area contributed by atoms with Gasteiger partial charge < -0.3 is 5.32 Å². The zero-order chi connectivity index (χ0) is 14.1. The molecular formula is C16H15ClN2O. The number of aryl methyl sites for hydroxylation is 1. The summed E-state index contributed by atoms with van der Waals surface area (Å²) in [6.45, 7) is 1.90. The molecule has 2 aromatic rings. The molecule has 0 aliphatic heterocycles. The molecule has 3 nitrogen and oxygen atoms in total. The summed E-state index contributed by atoms with van der Waals surface area (Å²) in [6, 6.07) is 13.3. The molecule has 1 aromatic heterocycles. The first-order valence-electron chi connectivity index (χ1n) is 6.64. The highest BCUT2D eigenvalue weighted by Gasteiger charge is 2.44. The van der Waals surface area contributed by atoms with Crippen molar-refractivity contribution in [3.8, 4) is 0 Å². The molecule has 1 N–H and O–H groups in total. The third kappa shape index (κ3) is 2.68. The predicted octanol–water partition coefficient (Wildman–Crippen LogP) is 3.79. The monoisotopic (exact) mass is 286 g/mol. The number of aromatic nitrogens is 1. The van der Waals surface area contributed by atoms with Crippen LogP contribution in [0.2, 0.25) is 5.02 Å². The second-order valence-electron chi connectivity index (χ2n) is 5.12. The summed E-state index contributed by atoms with van der Waals surface area (Å²) in [5.74, 6) is 0.860. The van der Waals surface area contributed by atoms with Crippen molar-refractivity contribution in [1.82, 2.24) is 4.98 Å². The summed E-state index contributed by atoms with van der Waals surface area (Å²) in [4.78, 5) is 16.5. The van der Waals surface area contributed by atoms with Crippen molar-refractivity contribution < 1.29 is 4.79 Å². The average molecular weight is 287 g/mol. The SMILES string of the molecule is Cc1cccc(NC(=O)C2CC2c2ccccc2Cl)n1. The van der Waals surface area contributed by atoms with Crippen molar-refractivity contribution in [3.05, 3.63) is 58.7 Å². The van der Waals surface area contributed by atoms with Gasteiger partial charge in [0, 0.05) is 16.6 Å². The summed E-state index contributed by atoms with van der Waals surface area (Å²) in [5, 5.41) is 3.61. The van der Waals surface area contributed by atoms with Gasteiger partial charge in [-0.05, 0) is 43.0 Å². The molecule has 3 rings (SSSR count). The van der Waals surface area contributed by atoms with E-state index in [1.165, 1.54) is 0 Å². The maximum absolute atomic E-state index is 12.2. The Hall–Kier alpha value is -1.87. The summed E-state index contributed by atoms with van der Waals surface area (Å²) in [6.07, 6.45) is 0.849. The lowest BCUT2D eigenvalue weighted by Gasteiger charge is -2.05. The second-order valence-corrected chi connectivity index (χ2v) is 5.53. The van der Waals surface area contributed by atoms with Crippen molar-refractivity contribution in [3.63, 3.8) is 0 Å². The highest BCUT2D eigenvalue weighted by atomic mass is 35.5. The first-order valence-corrected chi connectivity index (χ1v) is 7.02. The lowest BCUT2D eigenvalue weighted by Crippen LogP contribution is -2.15. The van der Waals surface area contributed by atoms with E-state index in [9.17, 15) is 4.79 Å². The number of rotatable bonds is 3. The van der Waals surface area contributed by atoms with E-state index < -0.39 is 0 Å². The molecule has 1 aliphatic rings. The number of anilines is 1. The summed E-state index contributed by atoms with van der Waals surface area (Å²) in [5.41, 5.74) is 1.95. The van der Waals surface area contributed by atoms with Crippen LogP contribution in [0.5, 0.6) is 0 Å². The number of nitrogens with one attached hydrogen (secondary N) is 1. The number of carbonyl (C=O) groups is 1. The number of halogens is 1. The van der Waals surface area contributed by atoms with Crippen LogP contribution in [-0.4, -0.2) is 10.9 Å². The Morgan fingerprint density at radius 1 is 1.25 bits per heavy atom. The van der Waals surface area contributed by atoms with E-state index in [2.05, 4.69) is 10.3 Å². The first-order chi connectivity index (χ1) is 9.65. The smallest absolute Gasteiger partial charge is 0.229 e. The van der Waals surface area contributed by atoms with Gasteiger partial charge in [-0.3, -0.25) is 4.79 Å². The number of benzene rings is 1. The van der Waals surface area contributed by atoms with Gasteiger partial charge >= 0.3 is 0 Å². The van der Waals surface area contributed by atoms with Crippen molar-refractivity contribution in [1.29, 1.82) is 0 Å². The fraction of sp³-hybridized carbons (Fsp3) is 0.250. The standard InChI is InChI=1S/C16H15ClN2O/c1-10-5-4-8-15(18-10)19-16(20)13-9-12(13)11-6-2-3-7-14(11)17/h2-8,12-13H,9H2,1H3,(H,18,19,20). The average Bonchev–Trinajstić information content (AvgIpc) is 3.19. The maximum Gasteiger partial charge on any atom is 0.229 e. The van der Waals surface area contributed by atoms with Gasteiger partial charge in [-0.25, -0.2) is 4.98 Å². The molecule has 2 unspecified atom stereocenters. The van der Waals surface area contributed by atoms with Crippen LogP contribution < -0.4 is 5.32 Å². The van der Waals surface area contributed by atoms with E-state index in [1.807, 2.05) is 43.3 Å². The molecule has 1 amide bonds. The van der Waals surface area contributed by atoms with Gasteiger partial charge in [0.15, 0.2) is 0 Å². The third-order valence-electron chi connectivity index (χ3n) is 3.57. The summed E-state index contributed by atoms with van der Waals surface area (Å²) < 4.78 is 0. The van der Waals surface area contributed by atoms with Crippen molar-refractivity contribution in [2.24, 2.45) is 5.92 Å². The molecule has 0 radical (unpaired) electrons. The molecule has 1 heterocycles. The maximum atomic E-state index is 12.2. The minimum atomic E-state index is -0.00258. The minimum absolute atomic E-state index is 0.00258. The molecule has 20 heavy (non-hydrogen) atoms. The van der Waals surface area contributed by atoms with Crippen LogP contribution >= 0.6 is 11.6 Å². The fourth-order valence-corrected chi connectivity index (χ4v) is 2.71. The largest absolute Gasteiger partial charge is 0.310 e. The molecule has 4 heteroatoms. The Morgan fingerprint density at radius 3 is 2.80 bits per heavy atom. The quantitative estimate of drug-likeness (QED) is 0.933. The lowest BCUT2D eigenvalue weighted by molar-refractivity contribution is -0.117. The Bertz CT molecular complexity index is 656. The van der Waals surface area contributed by atoms with Gasteiger partial charge in [0.25, 0.3) is 0 Å². The Kier molecular flexibility index (Phi) is 3.45. The number of nitrogens with zero attached hydrogens (tertiary/aromatic N) is 1. The number of amides is 1. The molecule has 1 saturated carbocycles. The number of hydrogen-bond donors (Lipinski definition) is 1.